The van der Waals surface area contributed by atoms with Gasteiger partial charge in [-0.15, -0.1) is 12.4 Å². The molecule has 11 nitrogen and oxygen atoms in total. The van der Waals surface area contributed by atoms with Crippen molar-refractivity contribution in [2.24, 2.45) is 0 Å². The lowest BCUT2D eigenvalue weighted by molar-refractivity contribution is 0.174. The number of sulfonamides is 1. The molecule has 1 saturated carbocycles. The average molecular weight is 666 g/mol. The topological polar surface area (TPSA) is 135 Å². The maximum absolute atomic E-state index is 13.6. The molecular weight excluding hydrogens is 630 g/mol. The van der Waals surface area contributed by atoms with Crippen LogP contribution in [0.25, 0.3) is 22.4 Å². The third-order valence-electron chi connectivity index (χ3n) is 7.64. The van der Waals surface area contributed by atoms with E-state index in [1.807, 2.05) is 20.9 Å². The normalized spacial score (nSPS) is 17.1. The first-order chi connectivity index (χ1) is 20.6. The minimum absolute atomic E-state index is 0. The zero-order chi connectivity index (χ0) is 30.7. The third kappa shape index (κ3) is 7.28. The number of aromatic nitrogens is 5. The molecule has 1 aliphatic carbocycles. The zero-order valence-electron chi connectivity index (χ0n) is 24.6. The van der Waals surface area contributed by atoms with Crippen LogP contribution in [-0.4, -0.2) is 70.2 Å². The zero-order valence-corrected chi connectivity index (χ0v) is 27.0. The predicted molar refractivity (Wildman–Crippen MR) is 173 cm³/mol. The van der Waals surface area contributed by atoms with Crippen molar-refractivity contribution in [3.63, 3.8) is 0 Å². The van der Waals surface area contributed by atoms with E-state index in [-0.39, 0.29) is 58.2 Å². The fourth-order valence-corrected chi connectivity index (χ4v) is 6.88. The number of hydrogen-bond donors (Lipinski definition) is 2. The van der Waals surface area contributed by atoms with Gasteiger partial charge in [0.15, 0.2) is 5.65 Å². The Hall–Kier alpha value is -3.39. The van der Waals surface area contributed by atoms with Crippen LogP contribution in [0.5, 0.6) is 0 Å². The fourth-order valence-electron chi connectivity index (χ4n) is 5.35. The van der Waals surface area contributed by atoms with Gasteiger partial charge in [0.1, 0.15) is 28.6 Å². The molecule has 44 heavy (non-hydrogen) atoms. The maximum Gasteiger partial charge on any atom is 0.279 e. The fraction of sp³-hybridized carbons (Fsp3) is 0.414. The van der Waals surface area contributed by atoms with E-state index in [1.54, 1.807) is 29.0 Å². The molecule has 0 aliphatic heterocycles. The summed E-state index contributed by atoms with van der Waals surface area (Å²) in [7, 11) is -2.00. The van der Waals surface area contributed by atoms with Crippen LogP contribution in [0.15, 0.2) is 58.5 Å². The number of pyridine rings is 1. The molecule has 0 radical (unpaired) electrons. The van der Waals surface area contributed by atoms with Crippen molar-refractivity contribution < 1.29 is 12.8 Å². The number of benzene rings is 1. The number of alkyl halides is 1. The molecular formula is C29H35Cl2FN8O3S. The summed E-state index contributed by atoms with van der Waals surface area (Å²) in [4.78, 5) is 33.6. The average Bonchev–Trinajstić information content (AvgIpc) is 2.97. The number of hydrogen-bond acceptors (Lipinski definition) is 9. The highest BCUT2D eigenvalue weighted by Crippen LogP contribution is 2.26. The van der Waals surface area contributed by atoms with Crippen molar-refractivity contribution in [2.45, 2.75) is 62.6 Å². The van der Waals surface area contributed by atoms with Gasteiger partial charge in [0, 0.05) is 36.4 Å². The van der Waals surface area contributed by atoms with Crippen molar-refractivity contribution in [1.29, 1.82) is 0 Å². The van der Waals surface area contributed by atoms with Gasteiger partial charge in [0.2, 0.25) is 5.95 Å². The van der Waals surface area contributed by atoms with Gasteiger partial charge < -0.3 is 10.2 Å². The molecule has 0 saturated heterocycles. The van der Waals surface area contributed by atoms with Crippen molar-refractivity contribution in [3.05, 3.63) is 64.2 Å². The number of rotatable bonds is 10. The van der Waals surface area contributed by atoms with Gasteiger partial charge >= 0.3 is 0 Å². The third-order valence-corrected chi connectivity index (χ3v) is 9.50. The maximum atomic E-state index is 13.6. The molecule has 1 aliphatic rings. The van der Waals surface area contributed by atoms with E-state index >= 15 is 0 Å². The first-order valence-electron chi connectivity index (χ1n) is 14.1. The summed E-state index contributed by atoms with van der Waals surface area (Å²) in [5.74, 6) is 0.490. The smallest absolute Gasteiger partial charge is 0.279 e. The first kappa shape index (κ1) is 33.5. The van der Waals surface area contributed by atoms with Crippen LogP contribution in [0.2, 0.25) is 5.02 Å². The van der Waals surface area contributed by atoms with Crippen LogP contribution < -0.4 is 15.6 Å². The molecule has 0 bridgehead atoms. The summed E-state index contributed by atoms with van der Waals surface area (Å²) in [6, 6.07) is 9.46. The van der Waals surface area contributed by atoms with Gasteiger partial charge in [-0.05, 0) is 70.8 Å². The van der Waals surface area contributed by atoms with E-state index in [0.29, 0.717) is 35.3 Å². The summed E-state index contributed by atoms with van der Waals surface area (Å²) < 4.78 is 42.3. The van der Waals surface area contributed by atoms with Crippen molar-refractivity contribution >= 4 is 57.0 Å². The number of nitrogens with zero attached hydrogens (tertiary/aromatic N) is 6. The van der Waals surface area contributed by atoms with Gasteiger partial charge in [0.25, 0.3) is 15.6 Å². The highest BCUT2D eigenvalue weighted by atomic mass is 35.5. The standard InChI is InChI=1S/C29H34ClFN8O3S.ClH/c1-18(2)39-27-23(17-33-29(36-27)34-20-9-11-21(12-10-20)38(3)15-14-31)35-26(28(39)40)19-8-13-25(32-16-19)37-43(41,42)24-7-5-4-6-22(24)30;/h4-8,13,16-18,20-21H,9-12,14-15H2,1-3H3,(H,32,37)(H,33,34,36);1H. The van der Waals surface area contributed by atoms with Crippen molar-refractivity contribution in [3.8, 4) is 11.3 Å². The van der Waals surface area contributed by atoms with Crippen LogP contribution in [0.4, 0.5) is 16.2 Å². The minimum Gasteiger partial charge on any atom is -0.351 e. The van der Waals surface area contributed by atoms with Crippen LogP contribution in [0.1, 0.15) is 45.6 Å². The van der Waals surface area contributed by atoms with Gasteiger partial charge in [-0.3, -0.25) is 14.1 Å². The quantitative estimate of drug-likeness (QED) is 0.231. The Morgan fingerprint density at radius 2 is 1.80 bits per heavy atom. The molecule has 4 aromatic rings. The van der Waals surface area contributed by atoms with Crippen LogP contribution in [0, 0.1) is 0 Å². The lowest BCUT2D eigenvalue weighted by Gasteiger charge is -2.34. The summed E-state index contributed by atoms with van der Waals surface area (Å²) in [5, 5.41) is 3.49. The largest absolute Gasteiger partial charge is 0.351 e. The Labute approximate surface area is 266 Å². The van der Waals surface area contributed by atoms with Crippen LogP contribution in [-0.2, 0) is 10.0 Å². The molecule has 3 heterocycles. The minimum atomic E-state index is -3.96. The Kier molecular flexibility index (Phi) is 10.8. The van der Waals surface area contributed by atoms with E-state index in [4.69, 9.17) is 11.6 Å². The number of anilines is 2. The highest BCUT2D eigenvalue weighted by Gasteiger charge is 2.25. The first-order valence-corrected chi connectivity index (χ1v) is 16.0. The van der Waals surface area contributed by atoms with Crippen molar-refractivity contribution in [1.82, 2.24) is 29.4 Å². The molecule has 5 rings (SSSR count). The molecule has 0 unspecified atom stereocenters. The van der Waals surface area contributed by atoms with Gasteiger partial charge in [-0.2, -0.15) is 4.98 Å². The van der Waals surface area contributed by atoms with Gasteiger partial charge in [0.05, 0.1) is 11.2 Å². The molecule has 15 heteroatoms. The summed E-state index contributed by atoms with van der Waals surface area (Å²) >= 11 is 6.06. The summed E-state index contributed by atoms with van der Waals surface area (Å²) in [6.45, 7) is 3.88. The van der Waals surface area contributed by atoms with E-state index in [2.05, 4.69) is 34.9 Å². The molecule has 1 aromatic carbocycles. The molecule has 0 atom stereocenters. The number of nitrogens with one attached hydrogen (secondary N) is 2. The van der Waals surface area contributed by atoms with Gasteiger partial charge in [-0.1, -0.05) is 23.7 Å². The predicted octanol–water partition coefficient (Wildman–Crippen LogP) is 5.33. The Morgan fingerprint density at radius 3 is 2.43 bits per heavy atom. The Morgan fingerprint density at radius 1 is 1.07 bits per heavy atom. The Balaban J connectivity index is 0.00000442. The molecule has 3 aromatic heterocycles. The lowest BCUT2D eigenvalue weighted by Crippen LogP contribution is -2.39. The molecule has 0 amide bonds. The molecule has 236 valence electrons. The van der Waals surface area contributed by atoms with Crippen LogP contribution in [0.3, 0.4) is 0 Å². The van der Waals surface area contributed by atoms with E-state index < -0.39 is 10.0 Å². The number of halogens is 3. The van der Waals surface area contributed by atoms with Gasteiger partial charge in [-0.25, -0.2) is 27.8 Å². The lowest BCUT2D eigenvalue weighted by atomic mass is 9.90. The second kappa shape index (κ2) is 14.1. The SMILES string of the molecule is CC(C)n1c(=O)c(-c2ccc(NS(=O)(=O)c3ccccc3Cl)nc2)nc2cnc(NC3CCC(N(C)CCF)CC3)nc21.Cl. The van der Waals surface area contributed by atoms with E-state index in [9.17, 15) is 17.6 Å². The molecule has 0 spiro atoms. The Bertz CT molecular complexity index is 1770. The summed E-state index contributed by atoms with van der Waals surface area (Å²) in [6.07, 6.45) is 6.72. The second-order valence-electron chi connectivity index (χ2n) is 10.9. The monoisotopic (exact) mass is 664 g/mol. The van der Waals surface area contributed by atoms with Crippen molar-refractivity contribution in [2.75, 3.05) is 30.3 Å². The second-order valence-corrected chi connectivity index (χ2v) is 13.0. The van der Waals surface area contributed by atoms with E-state index in [1.165, 1.54) is 24.4 Å². The highest BCUT2D eigenvalue weighted by molar-refractivity contribution is 7.92. The summed E-state index contributed by atoms with van der Waals surface area (Å²) in [5.41, 5.74) is 1.06. The van der Waals surface area contributed by atoms with Crippen LogP contribution >= 0.6 is 24.0 Å². The molecule has 2 N–H and O–H groups in total. The van der Waals surface area contributed by atoms with E-state index in [0.717, 1.165) is 25.7 Å². The molecule has 1 fully saturated rings. The number of fused-ring (bicyclic) bond motifs is 1.